The van der Waals surface area contributed by atoms with E-state index >= 15 is 0 Å². The van der Waals surface area contributed by atoms with E-state index in [0.29, 0.717) is 18.1 Å². The molecule has 2 rings (SSSR count). The smallest absolute Gasteiger partial charge is 0.0693 e. The van der Waals surface area contributed by atoms with Gasteiger partial charge in [0.2, 0.25) is 0 Å². The van der Waals surface area contributed by atoms with Crippen LogP contribution in [0.4, 0.5) is 0 Å². The highest BCUT2D eigenvalue weighted by molar-refractivity contribution is 4.96. The van der Waals surface area contributed by atoms with Crippen molar-refractivity contribution in [1.82, 2.24) is 5.32 Å². The summed E-state index contributed by atoms with van der Waals surface area (Å²) in [6, 6.07) is 0.301. The summed E-state index contributed by atoms with van der Waals surface area (Å²) in [6.07, 6.45) is 7.71. The first-order valence-corrected chi connectivity index (χ1v) is 6.28. The largest absolute Gasteiger partial charge is 0.396 e. The van der Waals surface area contributed by atoms with Gasteiger partial charge >= 0.3 is 0 Å². The van der Waals surface area contributed by atoms with E-state index in [1.807, 2.05) is 0 Å². The van der Waals surface area contributed by atoms with Gasteiger partial charge in [-0.15, -0.1) is 0 Å². The SMILES string of the molecule is OCCC1(CNC2CCCCC2O)CC1. The maximum atomic E-state index is 9.80. The number of hydrogen-bond acceptors (Lipinski definition) is 3. The van der Waals surface area contributed by atoms with Crippen molar-refractivity contribution >= 4 is 0 Å². The third-order valence-corrected chi connectivity index (χ3v) is 4.07. The van der Waals surface area contributed by atoms with Gasteiger partial charge in [0.25, 0.3) is 0 Å². The number of hydrogen-bond donors (Lipinski definition) is 3. The van der Waals surface area contributed by atoms with Crippen molar-refractivity contribution in [3.63, 3.8) is 0 Å². The predicted molar refractivity (Wildman–Crippen MR) is 59.6 cm³/mol. The van der Waals surface area contributed by atoms with Gasteiger partial charge in [-0.3, -0.25) is 0 Å². The van der Waals surface area contributed by atoms with Crippen LogP contribution in [0, 0.1) is 5.41 Å². The monoisotopic (exact) mass is 213 g/mol. The molecule has 0 amide bonds. The van der Waals surface area contributed by atoms with Crippen LogP contribution in [0.5, 0.6) is 0 Å². The molecule has 15 heavy (non-hydrogen) atoms. The molecule has 2 unspecified atom stereocenters. The van der Waals surface area contributed by atoms with Gasteiger partial charge < -0.3 is 15.5 Å². The Labute approximate surface area is 91.9 Å². The molecular weight excluding hydrogens is 190 g/mol. The van der Waals surface area contributed by atoms with Gasteiger partial charge in [-0.25, -0.2) is 0 Å². The van der Waals surface area contributed by atoms with Crippen LogP contribution in [0.3, 0.4) is 0 Å². The first kappa shape index (κ1) is 11.4. The lowest BCUT2D eigenvalue weighted by atomic mass is 9.91. The molecule has 0 aliphatic heterocycles. The second-order valence-corrected chi connectivity index (χ2v) is 5.31. The number of nitrogens with one attached hydrogen (secondary N) is 1. The lowest BCUT2D eigenvalue weighted by Crippen LogP contribution is -2.44. The molecule has 88 valence electrons. The lowest BCUT2D eigenvalue weighted by Gasteiger charge is -2.30. The number of aliphatic hydroxyl groups is 2. The van der Waals surface area contributed by atoms with E-state index < -0.39 is 0 Å². The van der Waals surface area contributed by atoms with E-state index in [9.17, 15) is 5.11 Å². The topological polar surface area (TPSA) is 52.5 Å². The normalized spacial score (nSPS) is 34.0. The average molecular weight is 213 g/mol. The molecule has 2 fully saturated rings. The van der Waals surface area contributed by atoms with Gasteiger partial charge in [0.05, 0.1) is 6.10 Å². The third-order valence-electron chi connectivity index (χ3n) is 4.07. The summed E-state index contributed by atoms with van der Waals surface area (Å²) in [5.74, 6) is 0. The molecular formula is C12H23NO2. The molecule has 2 atom stereocenters. The molecule has 0 bridgehead atoms. The zero-order chi connectivity index (χ0) is 10.7. The standard InChI is InChI=1S/C12H23NO2/c14-8-7-12(5-6-12)9-13-10-3-1-2-4-11(10)15/h10-11,13-15H,1-9H2. The maximum absolute atomic E-state index is 9.80. The van der Waals surface area contributed by atoms with Crippen molar-refractivity contribution in [3.05, 3.63) is 0 Å². The van der Waals surface area contributed by atoms with Crippen molar-refractivity contribution in [2.45, 2.75) is 57.1 Å². The van der Waals surface area contributed by atoms with Crippen LogP contribution < -0.4 is 5.32 Å². The van der Waals surface area contributed by atoms with Gasteiger partial charge in [0.15, 0.2) is 0 Å². The summed E-state index contributed by atoms with van der Waals surface area (Å²) < 4.78 is 0. The van der Waals surface area contributed by atoms with Crippen LogP contribution in [0.2, 0.25) is 0 Å². The Hall–Kier alpha value is -0.120. The Morgan fingerprint density at radius 2 is 1.93 bits per heavy atom. The summed E-state index contributed by atoms with van der Waals surface area (Å²) in [4.78, 5) is 0. The Bertz CT molecular complexity index is 204. The van der Waals surface area contributed by atoms with Crippen molar-refractivity contribution in [3.8, 4) is 0 Å². The van der Waals surface area contributed by atoms with Gasteiger partial charge in [-0.1, -0.05) is 12.8 Å². The first-order chi connectivity index (χ1) is 7.26. The predicted octanol–water partition coefficient (Wildman–Crippen LogP) is 1.04. The van der Waals surface area contributed by atoms with Crippen LogP contribution in [0.15, 0.2) is 0 Å². The Morgan fingerprint density at radius 3 is 2.53 bits per heavy atom. The quantitative estimate of drug-likeness (QED) is 0.639. The summed E-state index contributed by atoms with van der Waals surface area (Å²) in [5, 5.41) is 22.3. The molecule has 3 heteroatoms. The van der Waals surface area contributed by atoms with Gasteiger partial charge in [-0.2, -0.15) is 0 Å². The van der Waals surface area contributed by atoms with E-state index in [4.69, 9.17) is 5.11 Å². The molecule has 0 spiro atoms. The van der Waals surface area contributed by atoms with Gasteiger partial charge in [-0.05, 0) is 37.5 Å². The molecule has 0 aromatic carbocycles. The zero-order valence-electron chi connectivity index (χ0n) is 9.41. The Morgan fingerprint density at radius 1 is 1.20 bits per heavy atom. The van der Waals surface area contributed by atoms with Crippen LogP contribution >= 0.6 is 0 Å². The van der Waals surface area contributed by atoms with Crippen molar-refractivity contribution in [1.29, 1.82) is 0 Å². The highest BCUT2D eigenvalue weighted by Crippen LogP contribution is 2.48. The van der Waals surface area contributed by atoms with Crippen LogP contribution in [0.1, 0.15) is 44.9 Å². The van der Waals surface area contributed by atoms with E-state index in [1.54, 1.807) is 0 Å². The van der Waals surface area contributed by atoms with Crippen molar-refractivity contribution < 1.29 is 10.2 Å². The van der Waals surface area contributed by atoms with E-state index in [1.165, 1.54) is 25.7 Å². The minimum atomic E-state index is -0.149. The summed E-state index contributed by atoms with van der Waals surface area (Å²) in [7, 11) is 0. The first-order valence-electron chi connectivity index (χ1n) is 6.28. The van der Waals surface area contributed by atoms with Crippen LogP contribution in [-0.2, 0) is 0 Å². The van der Waals surface area contributed by atoms with Gasteiger partial charge in [0, 0.05) is 19.2 Å². The second-order valence-electron chi connectivity index (χ2n) is 5.31. The molecule has 0 aromatic heterocycles. The Balaban J connectivity index is 1.72. The molecule has 0 saturated heterocycles. The van der Waals surface area contributed by atoms with E-state index in [2.05, 4.69) is 5.32 Å². The summed E-state index contributed by atoms with van der Waals surface area (Å²) >= 11 is 0. The van der Waals surface area contributed by atoms with Crippen LogP contribution in [0.25, 0.3) is 0 Å². The average Bonchev–Trinajstić information content (AvgIpc) is 2.98. The number of aliphatic hydroxyl groups excluding tert-OH is 2. The van der Waals surface area contributed by atoms with Crippen molar-refractivity contribution in [2.75, 3.05) is 13.2 Å². The third kappa shape index (κ3) is 2.92. The summed E-state index contributed by atoms with van der Waals surface area (Å²) in [6.45, 7) is 1.28. The molecule has 0 radical (unpaired) electrons. The fraction of sp³-hybridized carbons (Fsp3) is 1.00. The Kier molecular flexibility index (Phi) is 3.65. The minimum Gasteiger partial charge on any atom is -0.396 e. The van der Waals surface area contributed by atoms with Crippen LogP contribution in [-0.4, -0.2) is 35.5 Å². The molecule has 0 aromatic rings. The molecule has 2 aliphatic carbocycles. The fourth-order valence-corrected chi connectivity index (χ4v) is 2.63. The maximum Gasteiger partial charge on any atom is 0.0693 e. The van der Waals surface area contributed by atoms with E-state index in [-0.39, 0.29) is 6.10 Å². The molecule has 0 heterocycles. The fourth-order valence-electron chi connectivity index (χ4n) is 2.63. The molecule has 2 aliphatic rings. The highest BCUT2D eigenvalue weighted by Gasteiger charge is 2.42. The number of rotatable bonds is 5. The highest BCUT2D eigenvalue weighted by atomic mass is 16.3. The summed E-state index contributed by atoms with van der Waals surface area (Å²) in [5.41, 5.74) is 0.367. The zero-order valence-corrected chi connectivity index (χ0v) is 9.41. The minimum absolute atomic E-state index is 0.149. The lowest BCUT2D eigenvalue weighted by molar-refractivity contribution is 0.0870. The second kappa shape index (κ2) is 4.81. The molecule has 2 saturated carbocycles. The van der Waals surface area contributed by atoms with E-state index in [0.717, 1.165) is 25.8 Å². The molecule has 3 N–H and O–H groups in total. The molecule has 3 nitrogen and oxygen atoms in total. The van der Waals surface area contributed by atoms with Gasteiger partial charge in [0.1, 0.15) is 0 Å². The van der Waals surface area contributed by atoms with Crippen molar-refractivity contribution in [2.24, 2.45) is 5.41 Å².